The number of benzene rings is 2. The van der Waals surface area contributed by atoms with E-state index in [1.54, 1.807) is 13.2 Å². The molecule has 0 radical (unpaired) electrons. The van der Waals surface area contributed by atoms with E-state index in [9.17, 15) is 9.00 Å². The van der Waals surface area contributed by atoms with Gasteiger partial charge in [0.05, 0.1) is 0 Å². The lowest BCUT2D eigenvalue weighted by Crippen LogP contribution is -2.28. The van der Waals surface area contributed by atoms with Gasteiger partial charge in [-0.2, -0.15) is 0 Å². The molecule has 0 saturated heterocycles. The number of amides is 1. The highest BCUT2D eigenvalue weighted by Crippen LogP contribution is 2.19. The van der Waals surface area contributed by atoms with Crippen LogP contribution in [-0.4, -0.2) is 27.8 Å². The van der Waals surface area contributed by atoms with E-state index < -0.39 is 10.8 Å². The first-order valence-corrected chi connectivity index (χ1v) is 9.56. The van der Waals surface area contributed by atoms with Crippen LogP contribution >= 0.6 is 0 Å². The largest absolute Gasteiger partial charge is 0.381 e. The summed E-state index contributed by atoms with van der Waals surface area (Å²) in [5.41, 5.74) is 3.25. The van der Waals surface area contributed by atoms with Gasteiger partial charge in [0.25, 0.3) is 0 Å². The predicted octanol–water partition coefficient (Wildman–Crippen LogP) is 3.40. The molecule has 1 atom stereocenters. The maximum atomic E-state index is 11.6. The van der Waals surface area contributed by atoms with E-state index in [1.807, 2.05) is 60.4 Å². The number of anilines is 1. The first kappa shape index (κ1) is 18.2. The zero-order valence-electron chi connectivity index (χ0n) is 14.4. The van der Waals surface area contributed by atoms with Crippen molar-refractivity contribution in [1.82, 2.24) is 4.90 Å². The number of nitrogens with zero attached hydrogens (tertiary/aromatic N) is 1. The Labute approximate surface area is 146 Å². The van der Waals surface area contributed by atoms with Crippen LogP contribution in [0.1, 0.15) is 25.0 Å². The normalized spacial score (nSPS) is 11.8. The van der Waals surface area contributed by atoms with E-state index in [0.29, 0.717) is 19.6 Å². The van der Waals surface area contributed by atoms with Crippen LogP contribution in [0.15, 0.2) is 53.4 Å². The smallest absolute Gasteiger partial charge is 0.219 e. The number of hydrogen-bond donors (Lipinski definition) is 1. The molecule has 0 heterocycles. The highest BCUT2D eigenvalue weighted by Gasteiger charge is 2.10. The summed E-state index contributed by atoms with van der Waals surface area (Å²) in [7, 11) is -0.951. The summed E-state index contributed by atoms with van der Waals surface area (Å²) in [5, 5.41) is 3.43. The molecule has 4 nitrogen and oxygen atoms in total. The van der Waals surface area contributed by atoms with E-state index in [1.165, 1.54) is 0 Å². The van der Waals surface area contributed by atoms with Crippen molar-refractivity contribution in [2.24, 2.45) is 0 Å². The second kappa shape index (κ2) is 8.64. The third-order valence-electron chi connectivity index (χ3n) is 3.94. The van der Waals surface area contributed by atoms with E-state index in [0.717, 1.165) is 21.7 Å². The number of hydrogen-bond acceptors (Lipinski definition) is 3. The average molecular weight is 344 g/mol. The molecule has 2 aromatic rings. The van der Waals surface area contributed by atoms with Crippen molar-refractivity contribution >= 4 is 22.4 Å². The minimum absolute atomic E-state index is 0.0791. The predicted molar refractivity (Wildman–Crippen MR) is 99.3 cm³/mol. The fraction of sp³-hybridized carbons (Fsp3) is 0.316. The monoisotopic (exact) mass is 344 g/mol. The van der Waals surface area contributed by atoms with E-state index in [-0.39, 0.29) is 5.91 Å². The van der Waals surface area contributed by atoms with Crippen molar-refractivity contribution in [3.8, 4) is 0 Å². The topological polar surface area (TPSA) is 49.4 Å². The van der Waals surface area contributed by atoms with Gasteiger partial charge in [0, 0.05) is 54.2 Å². The first-order valence-electron chi connectivity index (χ1n) is 8.01. The molecular formula is C19H24N2O2S. The summed E-state index contributed by atoms with van der Waals surface area (Å²) in [5.74, 6) is 0.0791. The zero-order chi connectivity index (χ0) is 17.5. The summed E-state index contributed by atoms with van der Waals surface area (Å²) in [6.07, 6.45) is 1.68. The molecule has 128 valence electrons. The molecule has 0 spiro atoms. The molecule has 1 N–H and O–H groups in total. The lowest BCUT2D eigenvalue weighted by Gasteiger charge is -2.21. The summed E-state index contributed by atoms with van der Waals surface area (Å²) >= 11 is 0. The van der Waals surface area contributed by atoms with Crippen LogP contribution in [0.5, 0.6) is 0 Å². The van der Waals surface area contributed by atoms with Crippen molar-refractivity contribution in [2.75, 3.05) is 18.1 Å². The highest BCUT2D eigenvalue weighted by atomic mass is 32.2. The SMILES string of the molecule is CCN(Cc1ccccc1NCc1ccc(S(C)=O)cc1)C(C)=O. The standard InChI is InChI=1S/C19H24N2O2S/c1-4-21(15(2)22)14-17-7-5-6-8-19(17)20-13-16-9-11-18(12-10-16)24(3)23/h5-12,20H,4,13-14H2,1-3H3. The second-order valence-electron chi connectivity index (χ2n) is 5.64. The molecule has 1 amide bonds. The summed E-state index contributed by atoms with van der Waals surface area (Å²) in [4.78, 5) is 14.3. The van der Waals surface area contributed by atoms with Crippen LogP contribution in [0, 0.1) is 0 Å². The van der Waals surface area contributed by atoms with Crippen LogP contribution in [0.4, 0.5) is 5.69 Å². The minimum Gasteiger partial charge on any atom is -0.381 e. The van der Waals surface area contributed by atoms with Crippen LogP contribution in [0.2, 0.25) is 0 Å². The summed E-state index contributed by atoms with van der Waals surface area (Å²) in [6, 6.07) is 15.8. The molecule has 2 rings (SSSR count). The van der Waals surface area contributed by atoms with E-state index >= 15 is 0 Å². The van der Waals surface area contributed by atoms with Crippen molar-refractivity contribution in [2.45, 2.75) is 31.8 Å². The quantitative estimate of drug-likeness (QED) is 0.837. The van der Waals surface area contributed by atoms with Gasteiger partial charge >= 0.3 is 0 Å². The van der Waals surface area contributed by atoms with Gasteiger partial charge in [0.15, 0.2) is 0 Å². The Hall–Kier alpha value is -2.14. The van der Waals surface area contributed by atoms with Crippen LogP contribution in [0.3, 0.4) is 0 Å². The number of carbonyl (C=O) groups is 1. The van der Waals surface area contributed by atoms with Crippen LogP contribution < -0.4 is 5.32 Å². The Morgan fingerprint density at radius 3 is 2.38 bits per heavy atom. The van der Waals surface area contributed by atoms with Gasteiger partial charge in [-0.3, -0.25) is 9.00 Å². The molecule has 5 heteroatoms. The molecule has 0 fully saturated rings. The molecule has 0 aliphatic heterocycles. The van der Waals surface area contributed by atoms with Gasteiger partial charge in [0.2, 0.25) is 5.91 Å². The molecule has 2 aromatic carbocycles. The van der Waals surface area contributed by atoms with Crippen LogP contribution in [0.25, 0.3) is 0 Å². The molecule has 24 heavy (non-hydrogen) atoms. The number of rotatable bonds is 7. The molecule has 0 aliphatic carbocycles. The Morgan fingerprint density at radius 2 is 1.79 bits per heavy atom. The first-order chi connectivity index (χ1) is 11.5. The molecular weight excluding hydrogens is 320 g/mol. The van der Waals surface area contributed by atoms with Gasteiger partial charge in [-0.25, -0.2) is 0 Å². The zero-order valence-corrected chi connectivity index (χ0v) is 15.2. The van der Waals surface area contributed by atoms with E-state index in [2.05, 4.69) is 5.32 Å². The van der Waals surface area contributed by atoms with Gasteiger partial charge < -0.3 is 10.2 Å². The van der Waals surface area contributed by atoms with Crippen molar-refractivity contribution in [1.29, 1.82) is 0 Å². The summed E-state index contributed by atoms with van der Waals surface area (Å²) in [6.45, 7) is 5.55. The Balaban J connectivity index is 2.07. The van der Waals surface area contributed by atoms with Gasteiger partial charge in [-0.15, -0.1) is 0 Å². The molecule has 0 aromatic heterocycles. The van der Waals surface area contributed by atoms with Gasteiger partial charge in [-0.1, -0.05) is 30.3 Å². The Morgan fingerprint density at radius 1 is 1.12 bits per heavy atom. The minimum atomic E-state index is -0.951. The number of para-hydroxylation sites is 1. The van der Waals surface area contributed by atoms with E-state index in [4.69, 9.17) is 0 Å². The van der Waals surface area contributed by atoms with Crippen molar-refractivity contribution in [3.05, 3.63) is 59.7 Å². The highest BCUT2D eigenvalue weighted by molar-refractivity contribution is 7.84. The second-order valence-corrected chi connectivity index (χ2v) is 7.02. The lowest BCUT2D eigenvalue weighted by atomic mass is 10.1. The Bertz CT molecular complexity index is 714. The van der Waals surface area contributed by atoms with Crippen molar-refractivity contribution < 1.29 is 9.00 Å². The Kier molecular flexibility index (Phi) is 6.55. The molecule has 1 unspecified atom stereocenters. The van der Waals surface area contributed by atoms with Crippen molar-refractivity contribution in [3.63, 3.8) is 0 Å². The van der Waals surface area contributed by atoms with Gasteiger partial charge in [-0.05, 0) is 36.2 Å². The third-order valence-corrected chi connectivity index (χ3v) is 4.88. The van der Waals surface area contributed by atoms with Crippen LogP contribution in [-0.2, 0) is 28.7 Å². The van der Waals surface area contributed by atoms with Gasteiger partial charge in [0.1, 0.15) is 0 Å². The molecule has 0 aliphatic rings. The maximum absolute atomic E-state index is 11.6. The average Bonchev–Trinajstić information content (AvgIpc) is 2.58. The maximum Gasteiger partial charge on any atom is 0.219 e. The number of nitrogens with one attached hydrogen (secondary N) is 1. The fourth-order valence-electron chi connectivity index (χ4n) is 2.48. The number of carbonyl (C=O) groups excluding carboxylic acids is 1. The fourth-order valence-corrected chi connectivity index (χ4v) is 3.00. The summed E-state index contributed by atoms with van der Waals surface area (Å²) < 4.78 is 11.4. The third kappa shape index (κ3) is 4.93. The lowest BCUT2D eigenvalue weighted by molar-refractivity contribution is -0.129. The molecule has 0 saturated carbocycles. The molecule has 0 bridgehead atoms.